The predicted molar refractivity (Wildman–Crippen MR) is 158 cm³/mol. The summed E-state index contributed by atoms with van der Waals surface area (Å²) in [6.07, 6.45) is 2.61. The Hall–Kier alpha value is -4.70. The summed E-state index contributed by atoms with van der Waals surface area (Å²) in [5.74, 6) is 0.720. The fourth-order valence-electron chi connectivity index (χ4n) is 4.72. The summed E-state index contributed by atoms with van der Waals surface area (Å²) in [5.41, 5.74) is 6.97. The molecule has 0 bridgehead atoms. The highest BCUT2D eigenvalue weighted by atomic mass is 32.2. The zero-order valence-electron chi connectivity index (χ0n) is 23.4. The molecule has 0 fully saturated rings. The Morgan fingerprint density at radius 1 is 0.902 bits per heavy atom. The number of aromatic nitrogens is 3. The standard InChI is InChI=1S/C31H30N4O5S/c1-19-6-9-27(10-7-19)41(37,38)35-29-11-8-23(14-25(29)17-33-35)24-12-20(2)13-26(15-24)34-31(36)40-18-28-22(4)30(39-5)21(3)16-32-28/h6-17H,18H2,1-5H3,(H,34,36). The van der Waals surface area contributed by atoms with Crippen molar-refractivity contribution in [2.24, 2.45) is 0 Å². The first-order valence-corrected chi connectivity index (χ1v) is 14.4. The van der Waals surface area contributed by atoms with Crippen LogP contribution in [0.1, 0.15) is 27.9 Å². The van der Waals surface area contributed by atoms with Crippen LogP contribution in [0.4, 0.5) is 10.5 Å². The molecule has 9 nitrogen and oxygen atoms in total. The van der Waals surface area contributed by atoms with E-state index in [0.29, 0.717) is 22.3 Å². The van der Waals surface area contributed by atoms with Crippen molar-refractivity contribution in [2.45, 2.75) is 39.2 Å². The van der Waals surface area contributed by atoms with Crippen LogP contribution in [0.5, 0.6) is 5.75 Å². The number of methoxy groups -OCH3 is 1. The molecule has 0 atom stereocenters. The fraction of sp³-hybridized carbons (Fsp3) is 0.194. The number of carbonyl (C=O) groups is 1. The van der Waals surface area contributed by atoms with E-state index in [4.69, 9.17) is 9.47 Å². The van der Waals surface area contributed by atoms with E-state index in [2.05, 4.69) is 15.4 Å². The molecule has 0 aliphatic rings. The lowest BCUT2D eigenvalue weighted by Crippen LogP contribution is -2.15. The Labute approximate surface area is 238 Å². The first-order chi connectivity index (χ1) is 19.6. The summed E-state index contributed by atoms with van der Waals surface area (Å²) in [7, 11) is -2.25. The van der Waals surface area contributed by atoms with Gasteiger partial charge < -0.3 is 9.47 Å². The van der Waals surface area contributed by atoms with Gasteiger partial charge in [0.1, 0.15) is 12.4 Å². The molecule has 0 aliphatic heterocycles. The number of hydrogen-bond donors (Lipinski definition) is 1. The molecule has 1 N–H and O–H groups in total. The van der Waals surface area contributed by atoms with E-state index in [-0.39, 0.29) is 11.5 Å². The molecule has 2 heterocycles. The van der Waals surface area contributed by atoms with Crippen molar-refractivity contribution in [3.8, 4) is 16.9 Å². The van der Waals surface area contributed by atoms with Gasteiger partial charge >= 0.3 is 6.09 Å². The van der Waals surface area contributed by atoms with Crippen molar-refractivity contribution in [1.82, 2.24) is 14.2 Å². The number of pyridine rings is 1. The maximum Gasteiger partial charge on any atom is 0.412 e. The van der Waals surface area contributed by atoms with Crippen molar-refractivity contribution in [3.05, 3.63) is 101 Å². The van der Waals surface area contributed by atoms with Crippen molar-refractivity contribution < 1.29 is 22.7 Å². The minimum Gasteiger partial charge on any atom is -0.496 e. The largest absolute Gasteiger partial charge is 0.496 e. The van der Waals surface area contributed by atoms with Crippen LogP contribution in [0, 0.1) is 27.7 Å². The van der Waals surface area contributed by atoms with Crippen LogP contribution in [-0.2, 0) is 21.4 Å². The second kappa shape index (κ2) is 11.1. The molecule has 0 saturated heterocycles. The Morgan fingerprint density at radius 3 is 2.39 bits per heavy atom. The number of hydrogen-bond acceptors (Lipinski definition) is 7. The zero-order valence-corrected chi connectivity index (χ0v) is 24.2. The molecule has 10 heteroatoms. The van der Waals surface area contributed by atoms with Crippen molar-refractivity contribution in [1.29, 1.82) is 0 Å². The number of fused-ring (bicyclic) bond motifs is 1. The normalized spacial score (nSPS) is 11.4. The van der Waals surface area contributed by atoms with Gasteiger partial charge in [0.15, 0.2) is 0 Å². The Bertz CT molecular complexity index is 1880. The predicted octanol–water partition coefficient (Wildman–Crippen LogP) is 6.33. The summed E-state index contributed by atoms with van der Waals surface area (Å²) in [6, 6.07) is 17.8. The van der Waals surface area contributed by atoms with Gasteiger partial charge in [-0.1, -0.05) is 29.8 Å². The fourth-order valence-corrected chi connectivity index (χ4v) is 5.99. The molecule has 0 saturated carbocycles. The minimum atomic E-state index is -3.85. The number of anilines is 1. The lowest BCUT2D eigenvalue weighted by atomic mass is 10.0. The third-order valence-electron chi connectivity index (χ3n) is 6.83. The molecule has 1 amide bonds. The van der Waals surface area contributed by atoms with Crippen molar-refractivity contribution in [2.75, 3.05) is 12.4 Å². The number of ether oxygens (including phenoxy) is 2. The molecular weight excluding hydrogens is 540 g/mol. The topological polar surface area (TPSA) is 112 Å². The number of carbonyl (C=O) groups excluding carboxylic acids is 1. The number of benzene rings is 3. The molecule has 5 aromatic rings. The van der Waals surface area contributed by atoms with E-state index < -0.39 is 16.1 Å². The van der Waals surface area contributed by atoms with E-state index >= 15 is 0 Å². The molecule has 210 valence electrons. The van der Waals surface area contributed by atoms with Crippen LogP contribution in [0.15, 0.2) is 78.0 Å². The van der Waals surface area contributed by atoms with E-state index in [0.717, 1.165) is 43.2 Å². The summed E-state index contributed by atoms with van der Waals surface area (Å²) in [4.78, 5) is 17.2. The molecule has 2 aromatic heterocycles. The highest BCUT2D eigenvalue weighted by Crippen LogP contribution is 2.30. The third-order valence-corrected chi connectivity index (χ3v) is 8.44. The summed E-state index contributed by atoms with van der Waals surface area (Å²) in [6.45, 7) is 7.61. The number of rotatable bonds is 7. The number of amides is 1. The lowest BCUT2D eigenvalue weighted by Gasteiger charge is -2.13. The molecule has 41 heavy (non-hydrogen) atoms. The lowest BCUT2D eigenvalue weighted by molar-refractivity contribution is 0.153. The highest BCUT2D eigenvalue weighted by molar-refractivity contribution is 7.90. The molecule has 5 rings (SSSR count). The average molecular weight is 571 g/mol. The van der Waals surface area contributed by atoms with Gasteiger partial charge in [0.05, 0.1) is 29.4 Å². The zero-order chi connectivity index (χ0) is 29.3. The van der Waals surface area contributed by atoms with Gasteiger partial charge in [-0.25, -0.2) is 4.79 Å². The second-order valence-corrected chi connectivity index (χ2v) is 11.7. The van der Waals surface area contributed by atoms with Gasteiger partial charge in [0.2, 0.25) is 0 Å². The maximum absolute atomic E-state index is 13.2. The van der Waals surface area contributed by atoms with Gasteiger partial charge in [-0.3, -0.25) is 10.3 Å². The summed E-state index contributed by atoms with van der Waals surface area (Å²) in [5, 5.41) is 7.65. The maximum atomic E-state index is 13.2. The number of nitrogens with one attached hydrogen (secondary N) is 1. The van der Waals surface area contributed by atoms with Gasteiger partial charge in [-0.15, -0.1) is 0 Å². The highest BCUT2D eigenvalue weighted by Gasteiger charge is 2.20. The van der Waals surface area contributed by atoms with Crippen LogP contribution in [0.25, 0.3) is 22.0 Å². The van der Waals surface area contributed by atoms with Crippen LogP contribution in [-0.4, -0.2) is 35.8 Å². The van der Waals surface area contributed by atoms with Crippen LogP contribution in [0.3, 0.4) is 0 Å². The Balaban J connectivity index is 1.35. The van der Waals surface area contributed by atoms with E-state index in [1.807, 2.05) is 58.0 Å². The van der Waals surface area contributed by atoms with Gasteiger partial charge in [0, 0.05) is 28.4 Å². The van der Waals surface area contributed by atoms with Gasteiger partial charge in [-0.2, -0.15) is 17.6 Å². The van der Waals surface area contributed by atoms with Crippen LogP contribution < -0.4 is 10.1 Å². The molecular formula is C31H30N4O5S. The van der Waals surface area contributed by atoms with Crippen molar-refractivity contribution in [3.63, 3.8) is 0 Å². The SMILES string of the molecule is COc1c(C)cnc(COC(=O)Nc2cc(C)cc(-c3ccc4c(cnn4S(=O)(=O)c4ccc(C)cc4)c3)c2)c1C. The number of nitrogens with zero attached hydrogens (tertiary/aromatic N) is 3. The monoisotopic (exact) mass is 570 g/mol. The van der Waals surface area contributed by atoms with Crippen molar-refractivity contribution >= 4 is 32.7 Å². The molecule has 0 unspecified atom stereocenters. The van der Waals surface area contributed by atoms with Crippen LogP contribution >= 0.6 is 0 Å². The first kappa shape index (κ1) is 27.9. The Morgan fingerprint density at radius 2 is 1.66 bits per heavy atom. The van der Waals surface area contributed by atoms with E-state index in [1.54, 1.807) is 43.6 Å². The minimum absolute atomic E-state index is 0.000860. The quantitative estimate of drug-likeness (QED) is 0.243. The Kier molecular flexibility index (Phi) is 7.51. The molecule has 3 aromatic carbocycles. The number of aryl methyl sites for hydroxylation is 3. The second-order valence-electron chi connectivity index (χ2n) is 9.91. The molecule has 0 aliphatic carbocycles. The van der Waals surface area contributed by atoms with Gasteiger partial charge in [-0.05, 0) is 80.8 Å². The summed E-state index contributed by atoms with van der Waals surface area (Å²) < 4.78 is 38.3. The van der Waals surface area contributed by atoms with Gasteiger partial charge in [0.25, 0.3) is 10.0 Å². The summed E-state index contributed by atoms with van der Waals surface area (Å²) >= 11 is 0. The first-order valence-electron chi connectivity index (χ1n) is 12.9. The third kappa shape index (κ3) is 5.64. The van der Waals surface area contributed by atoms with Crippen LogP contribution in [0.2, 0.25) is 0 Å². The average Bonchev–Trinajstić information content (AvgIpc) is 3.37. The molecule has 0 radical (unpaired) electrons. The van der Waals surface area contributed by atoms with E-state index in [9.17, 15) is 13.2 Å². The van der Waals surface area contributed by atoms with E-state index in [1.165, 1.54) is 6.20 Å². The smallest absolute Gasteiger partial charge is 0.412 e. The molecule has 0 spiro atoms.